The third-order valence-corrected chi connectivity index (χ3v) is 4.33. The molecule has 1 atom stereocenters. The highest BCUT2D eigenvalue weighted by Crippen LogP contribution is 2.18. The first-order chi connectivity index (χ1) is 12.0. The first-order valence-corrected chi connectivity index (χ1v) is 9.14. The number of hydrogen-bond donors (Lipinski definition) is 1. The maximum absolute atomic E-state index is 11.8. The summed E-state index contributed by atoms with van der Waals surface area (Å²) < 4.78 is 10.7. The second kappa shape index (κ2) is 10.1. The number of aromatic nitrogens is 1. The van der Waals surface area contributed by atoms with Gasteiger partial charge >= 0.3 is 5.97 Å². The molecular weight excluding hydrogens is 338 g/mol. The van der Waals surface area contributed by atoms with Crippen LogP contribution in [0.1, 0.15) is 24.2 Å². The molecule has 0 spiro atoms. The van der Waals surface area contributed by atoms with Gasteiger partial charge in [-0.05, 0) is 42.3 Å². The van der Waals surface area contributed by atoms with Crippen molar-refractivity contribution in [3.05, 3.63) is 54.4 Å². The highest BCUT2D eigenvalue weighted by molar-refractivity contribution is 7.99. The Morgan fingerprint density at radius 1 is 1.12 bits per heavy atom. The lowest BCUT2D eigenvalue weighted by Gasteiger charge is -2.12. The second-order valence-electron chi connectivity index (χ2n) is 5.98. The number of carbonyl (C=O) groups excluding carboxylic acids is 1. The van der Waals surface area contributed by atoms with Crippen molar-refractivity contribution < 1.29 is 19.4 Å². The molecule has 0 fully saturated rings. The number of carbonyl (C=O) groups is 1. The van der Waals surface area contributed by atoms with E-state index in [2.05, 4.69) is 4.98 Å². The highest BCUT2D eigenvalue weighted by atomic mass is 32.2. The Bertz CT molecular complexity index is 646. The summed E-state index contributed by atoms with van der Waals surface area (Å²) in [7, 11) is 0. The van der Waals surface area contributed by atoms with Crippen LogP contribution < -0.4 is 4.74 Å². The minimum atomic E-state index is -0.589. The number of aliphatic hydroxyl groups is 1. The van der Waals surface area contributed by atoms with E-state index in [1.165, 1.54) is 0 Å². The number of hydrogen-bond acceptors (Lipinski definition) is 6. The molecule has 1 heterocycles. The van der Waals surface area contributed by atoms with Crippen molar-refractivity contribution in [3.8, 4) is 5.75 Å². The summed E-state index contributed by atoms with van der Waals surface area (Å²) >= 11 is 1.55. The van der Waals surface area contributed by atoms with Crippen molar-refractivity contribution in [2.24, 2.45) is 5.92 Å². The fourth-order valence-corrected chi connectivity index (χ4v) is 2.68. The van der Waals surface area contributed by atoms with E-state index >= 15 is 0 Å². The first kappa shape index (κ1) is 19.3. The number of rotatable bonds is 9. The molecule has 0 aliphatic heterocycles. The molecule has 1 N–H and O–H groups in total. The van der Waals surface area contributed by atoms with Crippen LogP contribution >= 0.6 is 11.8 Å². The maximum atomic E-state index is 11.8. The molecule has 0 bridgehead atoms. The molecule has 0 amide bonds. The minimum absolute atomic E-state index is 0.190. The minimum Gasteiger partial charge on any atom is -0.491 e. The van der Waals surface area contributed by atoms with Gasteiger partial charge in [-0.25, -0.2) is 4.79 Å². The van der Waals surface area contributed by atoms with Crippen LogP contribution in [-0.2, 0) is 4.74 Å². The van der Waals surface area contributed by atoms with Gasteiger partial charge in [-0.3, -0.25) is 4.98 Å². The summed E-state index contributed by atoms with van der Waals surface area (Å²) in [5.41, 5.74) is 0.488. The van der Waals surface area contributed by atoms with E-state index in [-0.39, 0.29) is 12.6 Å². The van der Waals surface area contributed by atoms with E-state index in [0.717, 1.165) is 4.90 Å². The Balaban J connectivity index is 1.74. The Hall–Kier alpha value is -2.05. The SMILES string of the molecule is CC(C)COC(=O)c1ccc(OCC(O)CSc2ccncc2)cc1. The number of pyridine rings is 1. The maximum Gasteiger partial charge on any atom is 0.338 e. The van der Waals surface area contributed by atoms with Crippen LogP contribution in [0.25, 0.3) is 0 Å². The van der Waals surface area contributed by atoms with Gasteiger partial charge in [-0.2, -0.15) is 0 Å². The molecule has 0 saturated heterocycles. The van der Waals surface area contributed by atoms with Crippen LogP contribution in [0.3, 0.4) is 0 Å². The zero-order valence-electron chi connectivity index (χ0n) is 14.4. The second-order valence-corrected chi connectivity index (χ2v) is 7.07. The van der Waals surface area contributed by atoms with Crippen molar-refractivity contribution in [1.29, 1.82) is 0 Å². The van der Waals surface area contributed by atoms with Gasteiger partial charge in [0.05, 0.1) is 18.3 Å². The zero-order valence-corrected chi connectivity index (χ0v) is 15.2. The van der Waals surface area contributed by atoms with Crippen LogP contribution in [0.2, 0.25) is 0 Å². The smallest absolute Gasteiger partial charge is 0.338 e. The third-order valence-electron chi connectivity index (χ3n) is 3.17. The molecule has 1 unspecified atom stereocenters. The summed E-state index contributed by atoms with van der Waals surface area (Å²) in [4.78, 5) is 16.8. The van der Waals surface area contributed by atoms with Crippen LogP contribution in [0.5, 0.6) is 5.75 Å². The van der Waals surface area contributed by atoms with E-state index in [4.69, 9.17) is 9.47 Å². The lowest BCUT2D eigenvalue weighted by Crippen LogP contribution is -2.20. The Kier molecular flexibility index (Phi) is 7.76. The number of nitrogens with zero attached hydrogens (tertiary/aromatic N) is 1. The van der Waals surface area contributed by atoms with Gasteiger partial charge in [0.1, 0.15) is 12.4 Å². The van der Waals surface area contributed by atoms with Crippen molar-refractivity contribution >= 4 is 17.7 Å². The molecule has 0 saturated carbocycles. The van der Waals surface area contributed by atoms with E-state index < -0.39 is 6.10 Å². The average Bonchev–Trinajstić information content (AvgIpc) is 2.64. The van der Waals surface area contributed by atoms with Crippen molar-refractivity contribution in [3.63, 3.8) is 0 Å². The summed E-state index contributed by atoms with van der Waals surface area (Å²) in [5.74, 6) is 1.10. The van der Waals surface area contributed by atoms with Crippen LogP contribution in [0.4, 0.5) is 0 Å². The first-order valence-electron chi connectivity index (χ1n) is 8.15. The average molecular weight is 361 g/mol. The molecule has 134 valence electrons. The fraction of sp³-hybridized carbons (Fsp3) is 0.368. The van der Waals surface area contributed by atoms with Crippen LogP contribution in [0.15, 0.2) is 53.7 Å². The van der Waals surface area contributed by atoms with Crippen LogP contribution in [0, 0.1) is 5.92 Å². The molecule has 2 aromatic rings. The molecule has 2 rings (SSSR count). The Morgan fingerprint density at radius 3 is 2.44 bits per heavy atom. The van der Waals surface area contributed by atoms with Gasteiger partial charge < -0.3 is 14.6 Å². The number of thioether (sulfide) groups is 1. The molecule has 1 aromatic heterocycles. The zero-order chi connectivity index (χ0) is 18.1. The Morgan fingerprint density at radius 2 is 1.80 bits per heavy atom. The molecule has 0 aliphatic carbocycles. The van der Waals surface area contributed by atoms with E-state index in [1.54, 1.807) is 48.4 Å². The summed E-state index contributed by atoms with van der Waals surface area (Å²) in [6, 6.07) is 10.5. The van der Waals surface area contributed by atoms with E-state index in [9.17, 15) is 9.90 Å². The predicted molar refractivity (Wildman–Crippen MR) is 98.0 cm³/mol. The van der Waals surface area contributed by atoms with Gasteiger partial charge in [0.2, 0.25) is 0 Å². The van der Waals surface area contributed by atoms with E-state index in [1.807, 2.05) is 26.0 Å². The number of esters is 1. The summed E-state index contributed by atoms with van der Waals surface area (Å²) in [5, 5.41) is 10.0. The third kappa shape index (κ3) is 7.15. The number of ether oxygens (including phenoxy) is 2. The Labute approximate surface area is 152 Å². The van der Waals surface area contributed by atoms with Crippen molar-refractivity contribution in [1.82, 2.24) is 4.98 Å². The lowest BCUT2D eigenvalue weighted by molar-refractivity contribution is 0.0459. The number of aliphatic hydroxyl groups excluding tert-OH is 1. The van der Waals surface area contributed by atoms with Gasteiger partial charge in [0.25, 0.3) is 0 Å². The van der Waals surface area contributed by atoms with Crippen LogP contribution in [-0.4, -0.2) is 41.1 Å². The van der Waals surface area contributed by atoms with E-state index in [0.29, 0.717) is 29.6 Å². The molecule has 0 aliphatic rings. The molecular formula is C19H23NO4S. The molecule has 25 heavy (non-hydrogen) atoms. The largest absolute Gasteiger partial charge is 0.491 e. The molecule has 0 radical (unpaired) electrons. The molecule has 1 aromatic carbocycles. The van der Waals surface area contributed by atoms with Crippen molar-refractivity contribution in [2.75, 3.05) is 19.0 Å². The standard InChI is InChI=1S/C19H23NO4S/c1-14(2)11-24-19(22)15-3-5-17(6-4-15)23-12-16(21)13-25-18-7-9-20-10-8-18/h3-10,14,16,21H,11-13H2,1-2H3. The molecule has 5 nitrogen and oxygen atoms in total. The predicted octanol–water partition coefficient (Wildman–Crippen LogP) is 3.43. The highest BCUT2D eigenvalue weighted by Gasteiger charge is 2.10. The van der Waals surface area contributed by atoms with Crippen molar-refractivity contribution in [2.45, 2.75) is 24.8 Å². The van der Waals surface area contributed by atoms with Gasteiger partial charge in [0, 0.05) is 23.0 Å². The number of benzene rings is 1. The monoisotopic (exact) mass is 361 g/mol. The topological polar surface area (TPSA) is 68.7 Å². The fourth-order valence-electron chi connectivity index (χ4n) is 1.88. The van der Waals surface area contributed by atoms with Gasteiger partial charge in [0.15, 0.2) is 0 Å². The normalized spacial score (nSPS) is 12.0. The van der Waals surface area contributed by atoms with Gasteiger partial charge in [-0.15, -0.1) is 11.8 Å². The molecule has 6 heteroatoms. The lowest BCUT2D eigenvalue weighted by atomic mass is 10.2. The summed E-state index contributed by atoms with van der Waals surface area (Å²) in [6.07, 6.45) is 2.85. The quantitative estimate of drug-likeness (QED) is 0.545. The summed E-state index contributed by atoms with van der Waals surface area (Å²) in [6.45, 7) is 4.57. The van der Waals surface area contributed by atoms with Gasteiger partial charge in [-0.1, -0.05) is 13.8 Å².